The lowest BCUT2D eigenvalue weighted by Gasteiger charge is -2.17. The average Bonchev–Trinajstić information content (AvgIpc) is 2.90. The number of benzene rings is 1. The molecule has 5 nitrogen and oxygen atoms in total. The van der Waals surface area contributed by atoms with Gasteiger partial charge in [-0.2, -0.15) is 0 Å². The number of ether oxygens (including phenoxy) is 1. The van der Waals surface area contributed by atoms with Crippen molar-refractivity contribution in [2.75, 3.05) is 19.7 Å². The zero-order chi connectivity index (χ0) is 14.7. The molecule has 1 atom stereocenters. The fraction of sp³-hybridized carbons (Fsp3) is 0.467. The van der Waals surface area contributed by atoms with Gasteiger partial charge in [-0.05, 0) is 37.5 Å². The lowest BCUT2D eigenvalue weighted by Crippen LogP contribution is -2.33. The van der Waals surface area contributed by atoms with Crippen LogP contribution >= 0.6 is 0 Å². The first-order valence-corrected chi connectivity index (χ1v) is 6.68. The second-order valence-electron chi connectivity index (χ2n) is 5.15. The molecule has 0 bridgehead atoms. The molecule has 1 saturated heterocycles. The molecule has 1 unspecified atom stereocenters. The van der Waals surface area contributed by atoms with Crippen molar-refractivity contribution in [1.82, 2.24) is 4.90 Å². The quantitative estimate of drug-likeness (QED) is 0.908. The second kappa shape index (κ2) is 5.94. The average molecular weight is 277 g/mol. The van der Waals surface area contributed by atoms with E-state index in [1.165, 1.54) is 0 Å². The van der Waals surface area contributed by atoms with Gasteiger partial charge in [-0.1, -0.05) is 12.1 Å². The molecule has 1 aromatic rings. The minimum absolute atomic E-state index is 0.0450. The number of likely N-dealkylation sites (tertiary alicyclic amines) is 1. The van der Waals surface area contributed by atoms with Gasteiger partial charge in [-0.25, -0.2) is 0 Å². The van der Waals surface area contributed by atoms with Crippen molar-refractivity contribution in [3.8, 4) is 5.75 Å². The van der Waals surface area contributed by atoms with Crippen LogP contribution in [0, 0.1) is 19.8 Å². The largest absolute Gasteiger partial charge is 0.483 e. The number of carboxylic acids is 1. The molecule has 5 heteroatoms. The summed E-state index contributed by atoms with van der Waals surface area (Å²) in [5, 5.41) is 8.92. The van der Waals surface area contributed by atoms with E-state index in [4.69, 9.17) is 9.84 Å². The summed E-state index contributed by atoms with van der Waals surface area (Å²) in [6.45, 7) is 4.67. The minimum Gasteiger partial charge on any atom is -0.483 e. The summed E-state index contributed by atoms with van der Waals surface area (Å²) in [4.78, 5) is 24.4. The Bertz CT molecular complexity index is 527. The first-order chi connectivity index (χ1) is 9.49. The van der Waals surface area contributed by atoms with Gasteiger partial charge in [-0.15, -0.1) is 0 Å². The number of nitrogens with zero attached hydrogens (tertiary/aromatic N) is 1. The van der Waals surface area contributed by atoms with Crippen LogP contribution in [0.5, 0.6) is 5.75 Å². The highest BCUT2D eigenvalue weighted by Crippen LogP contribution is 2.21. The van der Waals surface area contributed by atoms with Crippen LogP contribution in [0.15, 0.2) is 18.2 Å². The Morgan fingerprint density at radius 3 is 2.80 bits per heavy atom. The molecule has 0 aromatic heterocycles. The number of aryl methyl sites for hydroxylation is 1. The van der Waals surface area contributed by atoms with Crippen LogP contribution in [-0.4, -0.2) is 41.6 Å². The van der Waals surface area contributed by atoms with E-state index in [1.807, 2.05) is 32.0 Å². The van der Waals surface area contributed by atoms with Gasteiger partial charge in [0.2, 0.25) is 0 Å². The molecule has 1 amide bonds. The van der Waals surface area contributed by atoms with Crippen molar-refractivity contribution in [2.24, 2.45) is 5.92 Å². The number of amides is 1. The SMILES string of the molecule is Cc1cccc(OCC(=O)N2CCC(C(=O)O)C2)c1C. The summed E-state index contributed by atoms with van der Waals surface area (Å²) >= 11 is 0. The lowest BCUT2D eigenvalue weighted by molar-refractivity contribution is -0.141. The molecule has 1 heterocycles. The molecule has 108 valence electrons. The molecular weight excluding hydrogens is 258 g/mol. The Hall–Kier alpha value is -2.04. The van der Waals surface area contributed by atoms with E-state index in [1.54, 1.807) is 4.90 Å². The van der Waals surface area contributed by atoms with Crippen LogP contribution in [0.2, 0.25) is 0 Å². The van der Waals surface area contributed by atoms with E-state index >= 15 is 0 Å². The predicted octanol–water partition coefficient (Wildman–Crippen LogP) is 1.62. The summed E-state index contributed by atoms with van der Waals surface area (Å²) < 4.78 is 5.55. The number of carbonyl (C=O) groups excluding carboxylic acids is 1. The monoisotopic (exact) mass is 277 g/mol. The number of hydrogen-bond donors (Lipinski definition) is 1. The molecule has 1 aliphatic heterocycles. The highest BCUT2D eigenvalue weighted by molar-refractivity contribution is 5.80. The molecule has 1 aliphatic rings. The first-order valence-electron chi connectivity index (χ1n) is 6.68. The van der Waals surface area contributed by atoms with Crippen LogP contribution in [0.25, 0.3) is 0 Å². The minimum atomic E-state index is -0.837. The molecule has 2 rings (SSSR count). The van der Waals surface area contributed by atoms with Gasteiger partial charge in [0.15, 0.2) is 6.61 Å². The van der Waals surface area contributed by atoms with Crippen molar-refractivity contribution < 1.29 is 19.4 Å². The Kier molecular flexibility index (Phi) is 4.27. The molecule has 0 spiro atoms. The maximum atomic E-state index is 12.0. The normalized spacial score (nSPS) is 18.1. The third-order valence-corrected chi connectivity index (χ3v) is 3.80. The Balaban J connectivity index is 1.90. The second-order valence-corrected chi connectivity index (χ2v) is 5.15. The predicted molar refractivity (Wildman–Crippen MR) is 73.7 cm³/mol. The zero-order valence-corrected chi connectivity index (χ0v) is 11.8. The van der Waals surface area contributed by atoms with Crippen molar-refractivity contribution in [3.05, 3.63) is 29.3 Å². The summed E-state index contributed by atoms with van der Waals surface area (Å²) in [7, 11) is 0. The van der Waals surface area contributed by atoms with Gasteiger partial charge in [0, 0.05) is 13.1 Å². The lowest BCUT2D eigenvalue weighted by atomic mass is 10.1. The smallest absolute Gasteiger partial charge is 0.308 e. The number of carbonyl (C=O) groups is 2. The first kappa shape index (κ1) is 14.4. The third-order valence-electron chi connectivity index (χ3n) is 3.80. The number of hydrogen-bond acceptors (Lipinski definition) is 3. The van der Waals surface area contributed by atoms with Crippen molar-refractivity contribution in [1.29, 1.82) is 0 Å². The molecule has 0 radical (unpaired) electrons. The maximum absolute atomic E-state index is 12.0. The van der Waals surface area contributed by atoms with E-state index in [-0.39, 0.29) is 19.1 Å². The van der Waals surface area contributed by atoms with Gasteiger partial charge >= 0.3 is 5.97 Å². The Labute approximate surface area is 118 Å². The third kappa shape index (κ3) is 3.10. The van der Waals surface area contributed by atoms with Gasteiger partial charge in [0.1, 0.15) is 5.75 Å². The van der Waals surface area contributed by atoms with E-state index in [2.05, 4.69) is 0 Å². The molecule has 1 N–H and O–H groups in total. The van der Waals surface area contributed by atoms with Gasteiger partial charge < -0.3 is 14.7 Å². The van der Waals surface area contributed by atoms with Crippen LogP contribution in [0.4, 0.5) is 0 Å². The van der Waals surface area contributed by atoms with Crippen molar-refractivity contribution in [2.45, 2.75) is 20.3 Å². The van der Waals surface area contributed by atoms with E-state index < -0.39 is 11.9 Å². The Morgan fingerprint density at radius 1 is 1.40 bits per heavy atom. The highest BCUT2D eigenvalue weighted by atomic mass is 16.5. The molecule has 1 aromatic carbocycles. The van der Waals surface area contributed by atoms with Crippen LogP contribution in [-0.2, 0) is 9.59 Å². The van der Waals surface area contributed by atoms with Gasteiger partial charge in [0.05, 0.1) is 5.92 Å². The van der Waals surface area contributed by atoms with Gasteiger partial charge in [0.25, 0.3) is 5.91 Å². The maximum Gasteiger partial charge on any atom is 0.308 e. The van der Waals surface area contributed by atoms with Crippen LogP contribution < -0.4 is 4.74 Å². The van der Waals surface area contributed by atoms with E-state index in [9.17, 15) is 9.59 Å². The number of aliphatic carboxylic acids is 1. The van der Waals surface area contributed by atoms with Gasteiger partial charge in [-0.3, -0.25) is 9.59 Å². The fourth-order valence-electron chi connectivity index (χ4n) is 2.30. The molecule has 20 heavy (non-hydrogen) atoms. The zero-order valence-electron chi connectivity index (χ0n) is 11.8. The molecule has 0 saturated carbocycles. The summed E-state index contributed by atoms with van der Waals surface area (Å²) in [5.74, 6) is -0.739. The number of carboxylic acid groups (broad SMARTS) is 1. The van der Waals surface area contributed by atoms with Crippen molar-refractivity contribution >= 4 is 11.9 Å². The van der Waals surface area contributed by atoms with Crippen molar-refractivity contribution in [3.63, 3.8) is 0 Å². The van der Waals surface area contributed by atoms with Crippen LogP contribution in [0.3, 0.4) is 0 Å². The number of rotatable bonds is 4. The molecule has 0 aliphatic carbocycles. The molecular formula is C15H19NO4. The summed E-state index contributed by atoms with van der Waals surface area (Å²) in [6, 6.07) is 5.71. The molecule has 1 fully saturated rings. The van der Waals surface area contributed by atoms with Crippen LogP contribution in [0.1, 0.15) is 17.5 Å². The Morgan fingerprint density at radius 2 is 2.15 bits per heavy atom. The summed E-state index contributed by atoms with van der Waals surface area (Å²) in [6.07, 6.45) is 0.518. The topological polar surface area (TPSA) is 66.8 Å². The fourth-order valence-corrected chi connectivity index (χ4v) is 2.30. The highest BCUT2D eigenvalue weighted by Gasteiger charge is 2.30. The van der Waals surface area contributed by atoms with E-state index in [0.717, 1.165) is 11.1 Å². The standard InChI is InChI=1S/C15H19NO4/c1-10-4-3-5-13(11(10)2)20-9-14(17)16-7-6-12(8-16)15(18)19/h3-5,12H,6-9H2,1-2H3,(H,18,19). The van der Waals surface area contributed by atoms with E-state index in [0.29, 0.717) is 18.7 Å². The summed E-state index contributed by atoms with van der Waals surface area (Å²) in [5.41, 5.74) is 2.13.